The molecule has 1 aromatic carbocycles. The number of hydrogen-bond donors (Lipinski definition) is 7. The van der Waals surface area contributed by atoms with E-state index >= 15 is 0 Å². The molecule has 0 spiro atoms. The number of carbonyl (C=O) groups is 5. The van der Waals surface area contributed by atoms with Crippen LogP contribution in [0.15, 0.2) is 24.3 Å². The molecule has 13 heteroatoms. The zero-order chi connectivity index (χ0) is 31.1. The maximum atomic E-state index is 12.2. The fourth-order valence-corrected chi connectivity index (χ4v) is 2.95. The van der Waals surface area contributed by atoms with Crippen molar-refractivity contribution in [3.05, 3.63) is 29.8 Å². The van der Waals surface area contributed by atoms with Crippen molar-refractivity contribution in [2.75, 3.05) is 32.0 Å². The van der Waals surface area contributed by atoms with Gasteiger partial charge in [-0.05, 0) is 50.0 Å². The molecule has 0 heterocycles. The zero-order valence-electron chi connectivity index (χ0n) is 24.8. The Morgan fingerprint density at radius 3 is 2.08 bits per heavy atom. The molecule has 0 fully saturated rings. The molecule has 0 aliphatic carbocycles. The molecule has 12 nitrogen and oxygen atoms in total. The Labute approximate surface area is 243 Å². The molecule has 0 bridgehead atoms. The third kappa shape index (κ3) is 22.6. The van der Waals surface area contributed by atoms with E-state index in [1.807, 2.05) is 20.9 Å². The highest BCUT2D eigenvalue weighted by molar-refractivity contribution is 7.81. The van der Waals surface area contributed by atoms with Crippen LogP contribution >= 0.6 is 12.6 Å². The van der Waals surface area contributed by atoms with E-state index in [-0.39, 0.29) is 36.1 Å². The number of hydrogen-bond acceptors (Lipinski definition) is 8. The Morgan fingerprint density at radius 2 is 1.65 bits per heavy atom. The summed E-state index contributed by atoms with van der Waals surface area (Å²) in [5, 5.41) is 13.5. The first-order valence-corrected chi connectivity index (χ1v) is 13.5. The molecular weight excluding hydrogens is 536 g/mol. The number of ether oxygens (including phenoxy) is 1. The van der Waals surface area contributed by atoms with Gasteiger partial charge in [0.2, 0.25) is 24.1 Å². The van der Waals surface area contributed by atoms with Crippen molar-refractivity contribution in [2.24, 2.45) is 11.7 Å². The van der Waals surface area contributed by atoms with Gasteiger partial charge < -0.3 is 37.1 Å². The second kappa shape index (κ2) is 22.5. The van der Waals surface area contributed by atoms with Crippen molar-refractivity contribution in [3.8, 4) is 0 Å². The second-order valence-electron chi connectivity index (χ2n) is 9.69. The Morgan fingerprint density at radius 1 is 1.07 bits per heavy atom. The molecule has 5 amide bonds. The normalized spacial score (nSPS) is 10.9. The van der Waals surface area contributed by atoms with E-state index in [1.54, 1.807) is 38.1 Å². The van der Waals surface area contributed by atoms with Crippen molar-refractivity contribution < 1.29 is 28.7 Å². The number of nitrogens with two attached hydrogens (primary N) is 1. The predicted octanol–water partition coefficient (Wildman–Crippen LogP) is 1.94. The minimum absolute atomic E-state index is 0.0973. The second-order valence-corrected chi connectivity index (χ2v) is 10.9. The maximum Gasteiger partial charge on any atom is 0.407 e. The average molecular weight is 585 g/mol. The minimum atomic E-state index is -0.707. The van der Waals surface area contributed by atoms with Crippen LogP contribution in [0.3, 0.4) is 0 Å². The van der Waals surface area contributed by atoms with Gasteiger partial charge >= 0.3 is 6.09 Å². The molecule has 1 rings (SSSR count). The molecule has 0 aliphatic rings. The Hall–Kier alpha value is -3.32. The third-order valence-corrected chi connectivity index (χ3v) is 5.07. The summed E-state index contributed by atoms with van der Waals surface area (Å²) >= 11 is 4.39. The number of amides is 5. The number of carbonyl (C=O) groups excluding carboxylic acids is 5. The van der Waals surface area contributed by atoms with Crippen LogP contribution in [0.1, 0.15) is 59.9 Å². The molecule has 0 saturated heterocycles. The lowest BCUT2D eigenvalue weighted by atomic mass is 10.0. The monoisotopic (exact) mass is 584 g/mol. The molecule has 0 aliphatic heterocycles. The molecular formula is C27H48N6O6S. The van der Waals surface area contributed by atoms with Gasteiger partial charge in [-0.2, -0.15) is 12.6 Å². The number of benzene rings is 1. The highest BCUT2D eigenvalue weighted by Gasteiger charge is 2.23. The van der Waals surface area contributed by atoms with Crippen LogP contribution < -0.4 is 32.3 Å². The first-order valence-electron chi connectivity index (χ1n) is 13.1. The van der Waals surface area contributed by atoms with Crippen LogP contribution in [0, 0.1) is 5.92 Å². The summed E-state index contributed by atoms with van der Waals surface area (Å²) in [4.78, 5) is 55.8. The largest absolute Gasteiger partial charge is 0.445 e. The van der Waals surface area contributed by atoms with Crippen molar-refractivity contribution in [2.45, 2.75) is 71.8 Å². The van der Waals surface area contributed by atoms with Gasteiger partial charge in [-0.25, -0.2) is 4.79 Å². The first-order chi connectivity index (χ1) is 18.7. The number of nitrogens with one attached hydrogen (secondary N) is 5. The Balaban J connectivity index is 0. The number of anilines is 1. The van der Waals surface area contributed by atoms with E-state index in [0.717, 1.165) is 12.1 Å². The van der Waals surface area contributed by atoms with Crippen molar-refractivity contribution in [3.63, 3.8) is 0 Å². The average Bonchev–Trinajstić information content (AvgIpc) is 2.86. The Kier molecular flexibility index (Phi) is 21.8. The van der Waals surface area contributed by atoms with E-state index in [0.29, 0.717) is 18.7 Å². The van der Waals surface area contributed by atoms with Gasteiger partial charge in [0.25, 0.3) is 0 Å². The highest BCUT2D eigenvalue weighted by atomic mass is 32.1. The summed E-state index contributed by atoms with van der Waals surface area (Å²) in [7, 11) is 1.96. The molecule has 228 valence electrons. The van der Waals surface area contributed by atoms with Crippen molar-refractivity contribution in [1.29, 1.82) is 0 Å². The lowest BCUT2D eigenvalue weighted by Gasteiger charge is -2.20. The van der Waals surface area contributed by atoms with Gasteiger partial charge in [0.1, 0.15) is 12.6 Å². The molecule has 0 aromatic heterocycles. The van der Waals surface area contributed by atoms with Crippen LogP contribution in [-0.4, -0.2) is 67.7 Å². The summed E-state index contributed by atoms with van der Waals surface area (Å²) in [6.07, 6.45) is 1.69. The van der Waals surface area contributed by atoms with Gasteiger partial charge in [-0.15, -0.1) is 0 Å². The third-order valence-electron chi connectivity index (χ3n) is 4.84. The molecule has 7 N–H and O–H groups in total. The van der Waals surface area contributed by atoms with Gasteiger partial charge in [0.05, 0.1) is 6.54 Å². The number of rotatable bonds is 13. The maximum absolute atomic E-state index is 12.2. The summed E-state index contributed by atoms with van der Waals surface area (Å²) in [6.45, 7) is 12.5. The molecule has 0 radical (unpaired) electrons. The van der Waals surface area contributed by atoms with E-state index in [2.05, 4.69) is 51.9 Å². The quantitative estimate of drug-likeness (QED) is 0.137. The SMILES string of the molecule is CC(=O)NC(C(=O)NCC(=O)Nc1ccc(COC(=O)NCCC(C)(C)S)cc1)C(C)C.CCCNC.NC=O. The molecule has 0 saturated carbocycles. The lowest BCUT2D eigenvalue weighted by Crippen LogP contribution is -2.50. The van der Waals surface area contributed by atoms with Crippen LogP contribution in [0.25, 0.3) is 0 Å². The summed E-state index contributed by atoms with van der Waals surface area (Å²) < 4.78 is 4.99. The van der Waals surface area contributed by atoms with E-state index < -0.39 is 23.9 Å². The van der Waals surface area contributed by atoms with Crippen LogP contribution in [0.4, 0.5) is 10.5 Å². The topological polar surface area (TPSA) is 181 Å². The fourth-order valence-electron chi connectivity index (χ4n) is 2.84. The van der Waals surface area contributed by atoms with E-state index in [1.165, 1.54) is 13.3 Å². The number of thiol groups is 1. The van der Waals surface area contributed by atoms with Gasteiger partial charge in [-0.1, -0.05) is 46.8 Å². The molecule has 1 atom stereocenters. The first kappa shape index (κ1) is 38.8. The smallest absolute Gasteiger partial charge is 0.407 e. The van der Waals surface area contributed by atoms with Crippen molar-refractivity contribution >= 4 is 48.5 Å². The van der Waals surface area contributed by atoms with Crippen LogP contribution in [-0.2, 0) is 30.5 Å². The van der Waals surface area contributed by atoms with Crippen LogP contribution in [0.2, 0.25) is 0 Å². The zero-order valence-corrected chi connectivity index (χ0v) is 25.7. The van der Waals surface area contributed by atoms with Gasteiger partial charge in [0.15, 0.2) is 0 Å². The van der Waals surface area contributed by atoms with E-state index in [4.69, 9.17) is 9.53 Å². The minimum Gasteiger partial charge on any atom is -0.445 e. The van der Waals surface area contributed by atoms with Crippen LogP contribution in [0.5, 0.6) is 0 Å². The molecule has 1 aromatic rings. The highest BCUT2D eigenvalue weighted by Crippen LogP contribution is 2.15. The fraction of sp³-hybridized carbons (Fsp3) is 0.593. The summed E-state index contributed by atoms with van der Waals surface area (Å²) in [5.41, 5.74) is 5.46. The lowest BCUT2D eigenvalue weighted by molar-refractivity contribution is -0.130. The number of alkyl carbamates (subject to hydrolysis) is 1. The predicted molar refractivity (Wildman–Crippen MR) is 161 cm³/mol. The summed E-state index contributed by atoms with van der Waals surface area (Å²) in [6, 6.07) is 6.09. The standard InChI is InChI=1S/C22H34N4O5S.C4H11N.CH3NO/c1-14(2)19(25-15(3)27)20(29)24-12-18(28)26-17-8-6-16(7-9-17)13-31-21(30)23-11-10-22(4,5)32;1-3-4-5-2;2-1-3/h6-9,14,19,32H,10-13H2,1-5H3,(H,23,30)(H,24,29)(H,25,27)(H,26,28);5H,3-4H2,1-2H3;1H,(H2,2,3). The van der Waals surface area contributed by atoms with E-state index in [9.17, 15) is 19.2 Å². The molecule has 40 heavy (non-hydrogen) atoms. The summed E-state index contributed by atoms with van der Waals surface area (Å²) in [5.74, 6) is -1.26. The van der Waals surface area contributed by atoms with Crippen molar-refractivity contribution in [1.82, 2.24) is 21.3 Å². The van der Waals surface area contributed by atoms with Gasteiger partial charge in [-0.3, -0.25) is 19.2 Å². The Bertz CT molecular complexity index is 888. The molecule has 1 unspecified atom stereocenters. The number of primary amides is 1. The van der Waals surface area contributed by atoms with Gasteiger partial charge in [0, 0.05) is 23.9 Å².